The number of nitrogens with one attached hydrogen (secondary N) is 2. The monoisotopic (exact) mass is 433 g/mol. The van der Waals surface area contributed by atoms with Crippen molar-refractivity contribution in [1.29, 1.82) is 0 Å². The van der Waals surface area contributed by atoms with E-state index in [1.54, 1.807) is 13.3 Å². The van der Waals surface area contributed by atoms with Crippen LogP contribution in [0.15, 0.2) is 64.3 Å². The molecule has 168 valence electrons. The Morgan fingerprint density at radius 1 is 1.03 bits per heavy atom. The Kier molecular flexibility index (Phi) is 7.34. The highest BCUT2D eigenvalue weighted by molar-refractivity contribution is 5.79. The highest BCUT2D eigenvalue weighted by Gasteiger charge is 2.16. The van der Waals surface area contributed by atoms with Gasteiger partial charge in [-0.25, -0.2) is 9.97 Å². The third-order valence-electron chi connectivity index (χ3n) is 5.65. The van der Waals surface area contributed by atoms with E-state index in [4.69, 9.17) is 4.42 Å². The fraction of sp³-hybridized carbons (Fsp3) is 0.375. The topological polar surface area (TPSA) is 81.8 Å². The van der Waals surface area contributed by atoms with Crippen molar-refractivity contribution in [1.82, 2.24) is 25.5 Å². The van der Waals surface area contributed by atoms with E-state index >= 15 is 0 Å². The number of pyridine rings is 1. The van der Waals surface area contributed by atoms with E-state index in [1.165, 1.54) is 0 Å². The molecule has 2 aromatic heterocycles. The molecule has 1 aliphatic rings. The van der Waals surface area contributed by atoms with Gasteiger partial charge >= 0.3 is 0 Å². The minimum Gasteiger partial charge on any atom is -0.444 e. The molecular formula is C24H31N7O. The van der Waals surface area contributed by atoms with Crippen LogP contribution in [-0.4, -0.2) is 60.6 Å². The Hall–Kier alpha value is -3.39. The number of hydrogen-bond acceptors (Lipinski definition) is 6. The van der Waals surface area contributed by atoms with Gasteiger partial charge in [0.15, 0.2) is 5.96 Å². The summed E-state index contributed by atoms with van der Waals surface area (Å²) in [5, 5.41) is 6.60. The van der Waals surface area contributed by atoms with Crippen molar-refractivity contribution in [3.05, 3.63) is 66.2 Å². The van der Waals surface area contributed by atoms with Crippen LogP contribution in [0.25, 0.3) is 11.5 Å². The minimum absolute atomic E-state index is 0.525. The Morgan fingerprint density at radius 3 is 2.50 bits per heavy atom. The summed E-state index contributed by atoms with van der Waals surface area (Å²) in [6, 6.07) is 14.1. The molecule has 0 spiro atoms. The van der Waals surface area contributed by atoms with Gasteiger partial charge in [-0.2, -0.15) is 0 Å². The van der Waals surface area contributed by atoms with Gasteiger partial charge in [-0.05, 0) is 30.3 Å². The van der Waals surface area contributed by atoms with Crippen LogP contribution in [0.4, 0.5) is 5.82 Å². The lowest BCUT2D eigenvalue weighted by molar-refractivity contribution is 0.270. The van der Waals surface area contributed by atoms with Crippen LogP contribution in [0.5, 0.6) is 0 Å². The molecule has 0 saturated carbocycles. The first-order chi connectivity index (χ1) is 15.7. The van der Waals surface area contributed by atoms with E-state index in [2.05, 4.69) is 54.5 Å². The summed E-state index contributed by atoms with van der Waals surface area (Å²) in [7, 11) is 1.75. The van der Waals surface area contributed by atoms with E-state index in [0.29, 0.717) is 24.9 Å². The smallest absolute Gasteiger partial charge is 0.226 e. The van der Waals surface area contributed by atoms with Crippen LogP contribution in [0.3, 0.4) is 0 Å². The normalized spacial score (nSPS) is 15.1. The van der Waals surface area contributed by atoms with Gasteiger partial charge in [0.2, 0.25) is 5.89 Å². The number of likely N-dealkylation sites (N-methyl/N-ethyl adjacent to an activating group) is 1. The van der Waals surface area contributed by atoms with Gasteiger partial charge in [0, 0.05) is 51.5 Å². The highest BCUT2D eigenvalue weighted by atomic mass is 16.3. The molecule has 1 saturated heterocycles. The molecular weight excluding hydrogens is 402 g/mol. The first-order valence-corrected chi connectivity index (χ1v) is 11.1. The predicted octanol–water partition coefficient (Wildman–Crippen LogP) is 2.74. The maximum Gasteiger partial charge on any atom is 0.226 e. The number of benzene rings is 1. The maximum atomic E-state index is 5.59. The maximum absolute atomic E-state index is 5.59. The molecule has 8 nitrogen and oxygen atoms in total. The summed E-state index contributed by atoms with van der Waals surface area (Å²) < 4.78 is 5.59. The summed E-state index contributed by atoms with van der Waals surface area (Å²) in [5.41, 5.74) is 2.89. The van der Waals surface area contributed by atoms with Crippen molar-refractivity contribution in [3.63, 3.8) is 0 Å². The van der Waals surface area contributed by atoms with Crippen molar-refractivity contribution in [2.45, 2.75) is 20.0 Å². The van der Waals surface area contributed by atoms with Crippen LogP contribution in [0.1, 0.15) is 18.2 Å². The lowest BCUT2D eigenvalue weighted by atomic mass is 10.2. The van der Waals surface area contributed by atoms with Crippen LogP contribution >= 0.6 is 0 Å². The number of aromatic nitrogens is 2. The lowest BCUT2D eigenvalue weighted by Gasteiger charge is -2.34. The molecule has 0 aliphatic carbocycles. The third kappa shape index (κ3) is 5.64. The standard InChI is InChI=1S/C24H31N7O/c1-3-30-11-13-31(14-12-30)22-10-9-19(15-26-22)16-27-24(25-2)28-17-21-18-32-23(29-21)20-7-5-4-6-8-20/h4-10,15,18H,3,11-14,16-17H2,1-2H3,(H2,25,27,28). The third-order valence-corrected chi connectivity index (χ3v) is 5.65. The number of aliphatic imine (C=N–C) groups is 1. The second-order valence-electron chi connectivity index (χ2n) is 7.74. The Morgan fingerprint density at radius 2 is 1.81 bits per heavy atom. The van der Waals surface area contributed by atoms with E-state index in [1.807, 2.05) is 36.5 Å². The van der Waals surface area contributed by atoms with E-state index in [-0.39, 0.29) is 0 Å². The molecule has 1 aliphatic heterocycles. The molecule has 1 fully saturated rings. The second-order valence-corrected chi connectivity index (χ2v) is 7.74. The van der Waals surface area contributed by atoms with Crippen molar-refractivity contribution < 1.29 is 4.42 Å². The van der Waals surface area contributed by atoms with Gasteiger partial charge < -0.3 is 24.9 Å². The molecule has 0 radical (unpaired) electrons. The van der Waals surface area contributed by atoms with E-state index in [9.17, 15) is 0 Å². The minimum atomic E-state index is 0.525. The zero-order valence-electron chi connectivity index (χ0n) is 18.8. The molecule has 0 atom stereocenters. The van der Waals surface area contributed by atoms with Gasteiger partial charge in [-0.3, -0.25) is 4.99 Å². The second kappa shape index (κ2) is 10.8. The molecule has 4 rings (SSSR count). The number of rotatable bonds is 7. The number of anilines is 1. The van der Waals surface area contributed by atoms with Gasteiger partial charge in [0.05, 0.1) is 12.2 Å². The van der Waals surface area contributed by atoms with Crippen LogP contribution in [0.2, 0.25) is 0 Å². The molecule has 0 unspecified atom stereocenters. The highest BCUT2D eigenvalue weighted by Crippen LogP contribution is 2.18. The Labute approximate surface area is 189 Å². The molecule has 3 heterocycles. The van der Waals surface area contributed by atoms with E-state index in [0.717, 1.165) is 55.4 Å². The molecule has 3 aromatic rings. The number of nitrogens with zero attached hydrogens (tertiary/aromatic N) is 5. The Balaban J connectivity index is 1.25. The summed E-state index contributed by atoms with van der Waals surface area (Å²) in [5.74, 6) is 2.37. The molecule has 8 heteroatoms. The number of piperazine rings is 1. The zero-order chi connectivity index (χ0) is 22.2. The summed E-state index contributed by atoms with van der Waals surface area (Å²) in [4.78, 5) is 18.3. The van der Waals surface area contributed by atoms with Crippen molar-refractivity contribution in [2.75, 3.05) is 44.7 Å². The summed E-state index contributed by atoms with van der Waals surface area (Å²) in [6.45, 7) is 8.76. The zero-order valence-corrected chi connectivity index (χ0v) is 18.8. The number of guanidine groups is 1. The van der Waals surface area contributed by atoms with E-state index < -0.39 is 0 Å². The SMILES string of the molecule is CCN1CCN(c2ccc(CNC(=NC)NCc3coc(-c4ccccc4)n3)cn2)CC1. The average Bonchev–Trinajstić information content (AvgIpc) is 3.34. The van der Waals surface area contributed by atoms with Gasteiger partial charge in [0.1, 0.15) is 12.1 Å². The van der Waals surface area contributed by atoms with Crippen molar-refractivity contribution in [3.8, 4) is 11.5 Å². The summed E-state index contributed by atoms with van der Waals surface area (Å²) in [6.07, 6.45) is 3.61. The average molecular weight is 434 g/mol. The quantitative estimate of drug-likeness (QED) is 0.438. The largest absolute Gasteiger partial charge is 0.444 e. The van der Waals surface area contributed by atoms with Crippen molar-refractivity contribution >= 4 is 11.8 Å². The van der Waals surface area contributed by atoms with Crippen LogP contribution < -0.4 is 15.5 Å². The van der Waals surface area contributed by atoms with Gasteiger partial charge in [-0.15, -0.1) is 0 Å². The molecule has 32 heavy (non-hydrogen) atoms. The van der Waals surface area contributed by atoms with Gasteiger partial charge in [0.25, 0.3) is 0 Å². The van der Waals surface area contributed by atoms with Crippen molar-refractivity contribution in [2.24, 2.45) is 4.99 Å². The predicted molar refractivity (Wildman–Crippen MR) is 128 cm³/mol. The fourth-order valence-corrected chi connectivity index (χ4v) is 3.68. The fourth-order valence-electron chi connectivity index (χ4n) is 3.68. The lowest BCUT2D eigenvalue weighted by Crippen LogP contribution is -2.46. The summed E-state index contributed by atoms with van der Waals surface area (Å²) >= 11 is 0. The number of oxazole rings is 1. The first kappa shape index (κ1) is 21.8. The first-order valence-electron chi connectivity index (χ1n) is 11.1. The number of hydrogen-bond donors (Lipinski definition) is 2. The molecule has 0 bridgehead atoms. The molecule has 0 amide bonds. The molecule has 1 aromatic carbocycles. The van der Waals surface area contributed by atoms with Crippen LogP contribution in [0, 0.1) is 0 Å². The Bertz CT molecular complexity index is 993. The molecule has 2 N–H and O–H groups in total. The van der Waals surface area contributed by atoms with Gasteiger partial charge in [-0.1, -0.05) is 31.2 Å². The van der Waals surface area contributed by atoms with Crippen LogP contribution in [-0.2, 0) is 13.1 Å².